The molecule has 1 saturated heterocycles. The lowest BCUT2D eigenvalue weighted by molar-refractivity contribution is 0.0682. The number of halogens is 1. The highest BCUT2D eigenvalue weighted by Crippen LogP contribution is 2.24. The molecule has 3 nitrogen and oxygen atoms in total. The predicted octanol–water partition coefficient (Wildman–Crippen LogP) is 2.94. The molecule has 1 unspecified atom stereocenters. The smallest absolute Gasteiger partial charge is 0.257 e. The number of rotatable bonds is 3. The number of hydrogen-bond donors (Lipinski definition) is 0. The third-order valence-corrected chi connectivity index (χ3v) is 4.28. The van der Waals surface area contributed by atoms with Crippen molar-refractivity contribution in [3.05, 3.63) is 29.8 Å². The van der Waals surface area contributed by atoms with Crippen LogP contribution in [0.25, 0.3) is 0 Å². The van der Waals surface area contributed by atoms with Crippen LogP contribution in [0.15, 0.2) is 24.3 Å². The maximum atomic E-state index is 12.5. The molecule has 0 saturated carbocycles. The molecule has 1 heterocycles. The molecule has 1 amide bonds. The van der Waals surface area contributed by atoms with Crippen LogP contribution in [0.3, 0.4) is 0 Å². The van der Waals surface area contributed by atoms with Crippen LogP contribution in [0.4, 0.5) is 0 Å². The molecule has 0 aliphatic carbocycles. The molecule has 1 aliphatic heterocycles. The minimum Gasteiger partial charge on any atom is -0.496 e. The molecule has 98 valence electrons. The molecule has 1 fully saturated rings. The van der Waals surface area contributed by atoms with Crippen LogP contribution in [-0.4, -0.2) is 36.3 Å². The first-order chi connectivity index (χ1) is 8.76. The number of hydrogen-bond acceptors (Lipinski definition) is 2. The Labute approximate surface area is 116 Å². The first-order valence-corrected chi connectivity index (χ1v) is 7.36. The Morgan fingerprint density at radius 2 is 2.28 bits per heavy atom. The second-order valence-corrected chi connectivity index (χ2v) is 5.26. The zero-order chi connectivity index (χ0) is 13.0. The van der Waals surface area contributed by atoms with Crippen LogP contribution in [0.5, 0.6) is 5.75 Å². The quantitative estimate of drug-likeness (QED) is 0.803. The van der Waals surface area contributed by atoms with Gasteiger partial charge in [-0.1, -0.05) is 28.1 Å². The van der Waals surface area contributed by atoms with Crippen molar-refractivity contribution >= 4 is 21.8 Å². The summed E-state index contributed by atoms with van der Waals surface area (Å²) >= 11 is 3.51. The molecule has 0 N–H and O–H groups in total. The lowest BCUT2D eigenvalue weighted by atomic mass is 9.99. The third kappa shape index (κ3) is 2.86. The van der Waals surface area contributed by atoms with E-state index in [2.05, 4.69) is 15.9 Å². The van der Waals surface area contributed by atoms with Crippen LogP contribution in [0.1, 0.15) is 23.2 Å². The van der Waals surface area contributed by atoms with Gasteiger partial charge in [0.15, 0.2) is 0 Å². The second kappa shape index (κ2) is 6.23. The number of amides is 1. The SMILES string of the molecule is COc1ccccc1C(=O)N1CCCC(CBr)C1. The van der Waals surface area contributed by atoms with Crippen LogP contribution in [-0.2, 0) is 0 Å². The maximum absolute atomic E-state index is 12.5. The number of likely N-dealkylation sites (tertiary alicyclic amines) is 1. The van der Waals surface area contributed by atoms with E-state index in [1.807, 2.05) is 29.2 Å². The molecule has 2 rings (SSSR count). The van der Waals surface area contributed by atoms with E-state index in [0.717, 1.165) is 24.8 Å². The van der Waals surface area contributed by atoms with Crippen LogP contribution in [0.2, 0.25) is 0 Å². The van der Waals surface area contributed by atoms with E-state index < -0.39 is 0 Å². The van der Waals surface area contributed by atoms with Crippen LogP contribution >= 0.6 is 15.9 Å². The Hall–Kier alpha value is -1.03. The first kappa shape index (κ1) is 13.4. The average molecular weight is 312 g/mol. The summed E-state index contributed by atoms with van der Waals surface area (Å²) in [7, 11) is 1.60. The summed E-state index contributed by atoms with van der Waals surface area (Å²) in [6.07, 6.45) is 2.28. The topological polar surface area (TPSA) is 29.5 Å². The van der Waals surface area contributed by atoms with Gasteiger partial charge >= 0.3 is 0 Å². The van der Waals surface area contributed by atoms with Crippen molar-refractivity contribution in [3.63, 3.8) is 0 Å². The van der Waals surface area contributed by atoms with E-state index in [1.165, 1.54) is 6.42 Å². The molecule has 18 heavy (non-hydrogen) atoms. The number of carbonyl (C=O) groups excluding carboxylic acids is 1. The second-order valence-electron chi connectivity index (χ2n) is 4.61. The van der Waals surface area contributed by atoms with Gasteiger partial charge in [0.25, 0.3) is 5.91 Å². The molecule has 1 aliphatic rings. The Morgan fingerprint density at radius 1 is 1.50 bits per heavy atom. The highest BCUT2D eigenvalue weighted by Gasteiger charge is 2.25. The van der Waals surface area contributed by atoms with Gasteiger partial charge in [-0.05, 0) is 30.9 Å². The van der Waals surface area contributed by atoms with E-state index >= 15 is 0 Å². The van der Waals surface area contributed by atoms with Gasteiger partial charge in [-0.3, -0.25) is 4.79 Å². The number of ether oxygens (including phenoxy) is 1. The molecule has 1 aromatic carbocycles. The summed E-state index contributed by atoms with van der Waals surface area (Å²) in [6.45, 7) is 1.68. The number of para-hydroxylation sites is 1. The first-order valence-electron chi connectivity index (χ1n) is 6.24. The highest BCUT2D eigenvalue weighted by molar-refractivity contribution is 9.09. The predicted molar refractivity (Wildman–Crippen MR) is 75.4 cm³/mol. The van der Waals surface area contributed by atoms with Crippen molar-refractivity contribution in [3.8, 4) is 5.75 Å². The molecular formula is C14H18BrNO2. The fraction of sp³-hybridized carbons (Fsp3) is 0.500. The van der Waals surface area contributed by atoms with Gasteiger partial charge in [-0.2, -0.15) is 0 Å². The van der Waals surface area contributed by atoms with E-state index in [9.17, 15) is 4.79 Å². The molecule has 0 spiro atoms. The zero-order valence-electron chi connectivity index (χ0n) is 10.6. The number of alkyl halides is 1. The van der Waals surface area contributed by atoms with Crippen molar-refractivity contribution < 1.29 is 9.53 Å². The molecule has 4 heteroatoms. The summed E-state index contributed by atoms with van der Waals surface area (Å²) in [4.78, 5) is 14.4. The number of nitrogens with zero attached hydrogens (tertiary/aromatic N) is 1. The summed E-state index contributed by atoms with van der Waals surface area (Å²) in [5, 5.41) is 0.961. The third-order valence-electron chi connectivity index (χ3n) is 3.36. The Morgan fingerprint density at radius 3 is 3.00 bits per heavy atom. The van der Waals surface area contributed by atoms with Gasteiger partial charge < -0.3 is 9.64 Å². The van der Waals surface area contributed by atoms with E-state index in [4.69, 9.17) is 4.74 Å². The van der Waals surface area contributed by atoms with Gasteiger partial charge in [0.05, 0.1) is 12.7 Å². The lowest BCUT2D eigenvalue weighted by Crippen LogP contribution is -2.40. The van der Waals surface area contributed by atoms with Crippen molar-refractivity contribution in [2.75, 3.05) is 25.5 Å². The van der Waals surface area contributed by atoms with Crippen molar-refractivity contribution in [2.24, 2.45) is 5.92 Å². The molecule has 0 radical (unpaired) electrons. The number of piperidine rings is 1. The normalized spacial score (nSPS) is 19.7. The standard InChI is InChI=1S/C14H18BrNO2/c1-18-13-7-3-2-6-12(13)14(17)16-8-4-5-11(9-15)10-16/h2-3,6-7,11H,4-5,8-10H2,1H3. The molecule has 1 aromatic rings. The number of methoxy groups -OCH3 is 1. The molecule has 1 atom stereocenters. The number of benzene rings is 1. The summed E-state index contributed by atoms with van der Waals surface area (Å²) in [5.41, 5.74) is 0.662. The summed E-state index contributed by atoms with van der Waals surface area (Å²) in [6, 6.07) is 7.42. The van der Waals surface area contributed by atoms with Crippen molar-refractivity contribution in [2.45, 2.75) is 12.8 Å². The molecular weight excluding hydrogens is 294 g/mol. The van der Waals surface area contributed by atoms with E-state index in [1.54, 1.807) is 7.11 Å². The Bertz CT molecular complexity index is 422. The minimum atomic E-state index is 0.0816. The Balaban J connectivity index is 2.15. The number of carbonyl (C=O) groups is 1. The van der Waals surface area contributed by atoms with Gasteiger partial charge in [-0.25, -0.2) is 0 Å². The largest absolute Gasteiger partial charge is 0.496 e. The van der Waals surface area contributed by atoms with E-state index in [-0.39, 0.29) is 5.91 Å². The fourth-order valence-electron chi connectivity index (χ4n) is 2.37. The van der Waals surface area contributed by atoms with E-state index in [0.29, 0.717) is 17.2 Å². The average Bonchev–Trinajstić information content (AvgIpc) is 2.46. The lowest BCUT2D eigenvalue weighted by Gasteiger charge is -2.32. The molecule has 0 bridgehead atoms. The summed E-state index contributed by atoms with van der Waals surface area (Å²) in [5.74, 6) is 1.30. The minimum absolute atomic E-state index is 0.0816. The maximum Gasteiger partial charge on any atom is 0.257 e. The molecule has 0 aromatic heterocycles. The van der Waals surface area contributed by atoms with Crippen molar-refractivity contribution in [1.29, 1.82) is 0 Å². The Kier molecular flexibility index (Phi) is 4.64. The van der Waals surface area contributed by atoms with Crippen LogP contribution < -0.4 is 4.74 Å². The van der Waals surface area contributed by atoms with Gasteiger partial charge in [0.1, 0.15) is 5.75 Å². The zero-order valence-corrected chi connectivity index (χ0v) is 12.1. The highest BCUT2D eigenvalue weighted by atomic mass is 79.9. The monoisotopic (exact) mass is 311 g/mol. The fourth-order valence-corrected chi connectivity index (χ4v) is 2.90. The summed E-state index contributed by atoms with van der Waals surface area (Å²) < 4.78 is 5.25. The van der Waals surface area contributed by atoms with Gasteiger partial charge in [-0.15, -0.1) is 0 Å². The van der Waals surface area contributed by atoms with Gasteiger partial charge in [0.2, 0.25) is 0 Å². The van der Waals surface area contributed by atoms with Crippen LogP contribution in [0, 0.1) is 5.92 Å². The van der Waals surface area contributed by atoms with Gasteiger partial charge in [0, 0.05) is 18.4 Å². The van der Waals surface area contributed by atoms with Crippen molar-refractivity contribution in [1.82, 2.24) is 4.90 Å².